The molecule has 0 aliphatic heterocycles. The Morgan fingerprint density at radius 1 is 1.00 bits per heavy atom. The maximum absolute atomic E-state index is 5.72. The first-order chi connectivity index (χ1) is 13.7. The van der Waals surface area contributed by atoms with Crippen LogP contribution in [0, 0.1) is 6.92 Å². The van der Waals surface area contributed by atoms with Crippen LogP contribution in [0.4, 0.5) is 0 Å². The highest BCUT2D eigenvalue weighted by Crippen LogP contribution is 2.36. The number of hydrogen-bond donors (Lipinski definition) is 0. The lowest BCUT2D eigenvalue weighted by molar-refractivity contribution is 0.418. The zero-order chi connectivity index (χ0) is 19.3. The number of fused-ring (bicyclic) bond motifs is 1. The third-order valence-electron chi connectivity index (χ3n) is 4.89. The van der Waals surface area contributed by atoms with E-state index in [-0.39, 0.29) is 0 Å². The van der Waals surface area contributed by atoms with Gasteiger partial charge in [0.15, 0.2) is 0 Å². The zero-order valence-corrected chi connectivity index (χ0v) is 16.5. The molecule has 5 aromatic heterocycles. The predicted molar refractivity (Wildman–Crippen MR) is 109 cm³/mol. The standard InChI is InChI=1S/C20H18N6OS/c1-13-17(8-23-26(13)16-4-5-28-12-16)18-9-22-25-11-14(6-19(27-3)20(18)25)15-7-21-24(2)10-15/h4-12H,1-3H3. The van der Waals surface area contributed by atoms with Crippen LogP contribution in [-0.2, 0) is 7.05 Å². The van der Waals surface area contributed by atoms with Crippen molar-refractivity contribution in [1.82, 2.24) is 29.2 Å². The van der Waals surface area contributed by atoms with E-state index in [0.717, 1.165) is 44.9 Å². The molecule has 5 heterocycles. The number of nitrogens with zero attached hydrogens (tertiary/aromatic N) is 6. The van der Waals surface area contributed by atoms with Crippen molar-refractivity contribution in [3.63, 3.8) is 0 Å². The Labute approximate surface area is 165 Å². The molecule has 0 spiro atoms. The van der Waals surface area contributed by atoms with Crippen LogP contribution in [0.25, 0.3) is 33.5 Å². The molecule has 0 saturated heterocycles. The lowest BCUT2D eigenvalue weighted by Crippen LogP contribution is -1.97. The van der Waals surface area contributed by atoms with Crippen molar-refractivity contribution in [2.24, 2.45) is 7.05 Å². The van der Waals surface area contributed by atoms with Gasteiger partial charge in [-0.1, -0.05) is 0 Å². The quantitative estimate of drug-likeness (QED) is 0.466. The molecule has 0 aromatic carbocycles. The molecular weight excluding hydrogens is 372 g/mol. The number of rotatable bonds is 4. The van der Waals surface area contributed by atoms with E-state index >= 15 is 0 Å². The van der Waals surface area contributed by atoms with Crippen LogP contribution in [0.1, 0.15) is 5.69 Å². The second-order valence-corrected chi connectivity index (χ2v) is 7.37. The molecule has 0 amide bonds. The van der Waals surface area contributed by atoms with E-state index in [0.29, 0.717) is 0 Å². The van der Waals surface area contributed by atoms with E-state index in [1.807, 2.05) is 53.3 Å². The van der Waals surface area contributed by atoms with Gasteiger partial charge < -0.3 is 4.74 Å². The summed E-state index contributed by atoms with van der Waals surface area (Å²) in [6.07, 6.45) is 9.56. The van der Waals surface area contributed by atoms with Crippen molar-refractivity contribution in [1.29, 1.82) is 0 Å². The molecule has 7 nitrogen and oxygen atoms in total. The SMILES string of the molecule is COc1cc(-c2cnn(C)c2)cn2ncc(-c3cnn(-c4ccsc4)c3C)c12. The number of aromatic nitrogens is 6. The minimum Gasteiger partial charge on any atom is -0.494 e. The summed E-state index contributed by atoms with van der Waals surface area (Å²) in [7, 11) is 3.58. The number of methoxy groups -OCH3 is 1. The van der Waals surface area contributed by atoms with Gasteiger partial charge in [0.05, 0.1) is 31.4 Å². The molecule has 0 fully saturated rings. The van der Waals surface area contributed by atoms with Gasteiger partial charge in [0.1, 0.15) is 11.3 Å². The van der Waals surface area contributed by atoms with Crippen molar-refractivity contribution in [3.8, 4) is 33.7 Å². The largest absolute Gasteiger partial charge is 0.494 e. The number of thiophene rings is 1. The van der Waals surface area contributed by atoms with Gasteiger partial charge >= 0.3 is 0 Å². The van der Waals surface area contributed by atoms with Crippen LogP contribution in [0.5, 0.6) is 5.75 Å². The first-order valence-electron chi connectivity index (χ1n) is 8.77. The molecule has 5 rings (SSSR count). The Morgan fingerprint density at radius 2 is 1.86 bits per heavy atom. The molecule has 5 aromatic rings. The average Bonchev–Trinajstić information content (AvgIpc) is 3.47. The monoisotopic (exact) mass is 390 g/mol. The summed E-state index contributed by atoms with van der Waals surface area (Å²) in [6.45, 7) is 2.07. The second-order valence-electron chi connectivity index (χ2n) is 6.59. The van der Waals surface area contributed by atoms with Crippen LogP contribution < -0.4 is 4.74 Å². The van der Waals surface area contributed by atoms with Gasteiger partial charge in [0, 0.05) is 52.8 Å². The van der Waals surface area contributed by atoms with Crippen molar-refractivity contribution >= 4 is 16.9 Å². The maximum atomic E-state index is 5.72. The van der Waals surface area contributed by atoms with Crippen LogP contribution in [0.3, 0.4) is 0 Å². The Kier molecular flexibility index (Phi) is 3.80. The number of aryl methyl sites for hydroxylation is 1. The molecular formula is C20H18N6OS. The minimum absolute atomic E-state index is 0.761. The van der Waals surface area contributed by atoms with E-state index in [1.165, 1.54) is 0 Å². The Balaban J connectivity index is 1.68. The normalized spacial score (nSPS) is 11.4. The fraction of sp³-hybridized carbons (Fsp3) is 0.150. The van der Waals surface area contributed by atoms with E-state index in [9.17, 15) is 0 Å². The molecule has 140 valence electrons. The van der Waals surface area contributed by atoms with Gasteiger partial charge in [0.2, 0.25) is 0 Å². The van der Waals surface area contributed by atoms with Gasteiger partial charge in [-0.15, -0.1) is 0 Å². The Morgan fingerprint density at radius 3 is 2.57 bits per heavy atom. The molecule has 28 heavy (non-hydrogen) atoms. The molecule has 0 atom stereocenters. The van der Waals surface area contributed by atoms with Gasteiger partial charge in [-0.3, -0.25) is 4.68 Å². The van der Waals surface area contributed by atoms with Gasteiger partial charge in [-0.25, -0.2) is 9.20 Å². The Bertz CT molecular complexity index is 1280. The predicted octanol–water partition coefficient (Wildman–Crippen LogP) is 3.97. The lowest BCUT2D eigenvalue weighted by Gasteiger charge is -2.08. The van der Waals surface area contributed by atoms with Crippen molar-refractivity contribution in [2.45, 2.75) is 6.92 Å². The zero-order valence-electron chi connectivity index (χ0n) is 15.7. The first kappa shape index (κ1) is 16.8. The second kappa shape index (κ2) is 6.35. The summed E-state index contributed by atoms with van der Waals surface area (Å²) in [4.78, 5) is 0. The molecule has 0 bridgehead atoms. The molecule has 0 aliphatic carbocycles. The van der Waals surface area contributed by atoms with Crippen molar-refractivity contribution in [2.75, 3.05) is 7.11 Å². The summed E-state index contributed by atoms with van der Waals surface area (Å²) >= 11 is 1.66. The molecule has 0 N–H and O–H groups in total. The summed E-state index contributed by atoms with van der Waals surface area (Å²) < 4.78 is 11.3. The summed E-state index contributed by atoms with van der Waals surface area (Å²) in [5.41, 5.74) is 7.09. The van der Waals surface area contributed by atoms with Crippen molar-refractivity contribution < 1.29 is 4.74 Å². The van der Waals surface area contributed by atoms with Crippen LogP contribution in [0.2, 0.25) is 0 Å². The van der Waals surface area contributed by atoms with Gasteiger partial charge in [-0.05, 0) is 24.4 Å². The lowest BCUT2D eigenvalue weighted by atomic mass is 10.1. The summed E-state index contributed by atoms with van der Waals surface area (Å²) in [5, 5.41) is 17.6. The first-order valence-corrected chi connectivity index (χ1v) is 9.72. The van der Waals surface area contributed by atoms with E-state index in [4.69, 9.17) is 4.74 Å². The Hall–Kier alpha value is -3.39. The maximum Gasteiger partial charge on any atom is 0.145 e. The van der Waals surface area contributed by atoms with E-state index in [2.05, 4.69) is 39.0 Å². The van der Waals surface area contributed by atoms with Crippen LogP contribution in [-0.4, -0.2) is 36.3 Å². The minimum atomic E-state index is 0.761. The molecule has 0 unspecified atom stereocenters. The molecule has 8 heteroatoms. The van der Waals surface area contributed by atoms with Crippen LogP contribution in [0.15, 0.2) is 53.9 Å². The summed E-state index contributed by atoms with van der Waals surface area (Å²) in [5.74, 6) is 0.761. The fourth-order valence-corrected chi connectivity index (χ4v) is 4.09. The highest BCUT2D eigenvalue weighted by Gasteiger charge is 2.18. The highest BCUT2D eigenvalue weighted by atomic mass is 32.1. The smallest absolute Gasteiger partial charge is 0.145 e. The molecule has 0 saturated carbocycles. The van der Waals surface area contributed by atoms with E-state index in [1.54, 1.807) is 23.1 Å². The number of pyridine rings is 1. The third kappa shape index (κ3) is 2.53. The number of ether oxygens (including phenoxy) is 1. The van der Waals surface area contributed by atoms with Crippen LogP contribution >= 0.6 is 11.3 Å². The topological polar surface area (TPSA) is 62.2 Å². The highest BCUT2D eigenvalue weighted by molar-refractivity contribution is 7.08. The third-order valence-corrected chi connectivity index (χ3v) is 5.56. The van der Waals surface area contributed by atoms with Gasteiger partial charge in [-0.2, -0.15) is 26.6 Å². The van der Waals surface area contributed by atoms with E-state index < -0.39 is 0 Å². The van der Waals surface area contributed by atoms with Gasteiger partial charge in [0.25, 0.3) is 0 Å². The summed E-state index contributed by atoms with van der Waals surface area (Å²) in [6, 6.07) is 4.08. The number of hydrogen-bond acceptors (Lipinski definition) is 5. The molecule has 0 aliphatic rings. The average molecular weight is 390 g/mol. The fourth-order valence-electron chi connectivity index (χ4n) is 3.48. The van der Waals surface area contributed by atoms with Crippen molar-refractivity contribution in [3.05, 3.63) is 59.6 Å². The molecule has 0 radical (unpaired) electrons.